The summed E-state index contributed by atoms with van der Waals surface area (Å²) in [6.07, 6.45) is 3.07. The molecular weight excluding hydrogens is 440 g/mol. The van der Waals surface area contributed by atoms with Crippen LogP contribution in [-0.2, 0) is 0 Å². The molecule has 3 N–H and O–H groups in total. The van der Waals surface area contributed by atoms with Crippen LogP contribution in [0.5, 0.6) is 5.75 Å². The molecule has 3 aromatic rings. The van der Waals surface area contributed by atoms with Crippen molar-refractivity contribution in [1.82, 2.24) is 19.4 Å². The zero-order chi connectivity index (χ0) is 23.9. The molecule has 1 fully saturated rings. The van der Waals surface area contributed by atoms with Crippen molar-refractivity contribution < 1.29 is 9.84 Å². The number of hydrogen-bond acceptors (Lipinski definition) is 7. The van der Waals surface area contributed by atoms with Crippen LogP contribution >= 0.6 is 11.6 Å². The summed E-state index contributed by atoms with van der Waals surface area (Å²) in [6.45, 7) is 10.3. The van der Waals surface area contributed by atoms with E-state index in [1.807, 2.05) is 30.7 Å². The minimum atomic E-state index is -0.401. The third-order valence-electron chi connectivity index (χ3n) is 6.28. The van der Waals surface area contributed by atoms with E-state index < -0.39 is 6.10 Å². The molecule has 0 saturated carbocycles. The Morgan fingerprint density at radius 3 is 2.73 bits per heavy atom. The molecule has 2 atom stereocenters. The quantitative estimate of drug-likeness (QED) is 0.544. The van der Waals surface area contributed by atoms with E-state index in [1.54, 1.807) is 6.92 Å². The Labute approximate surface area is 198 Å². The third kappa shape index (κ3) is 4.12. The molecule has 2 aromatic heterocycles. The van der Waals surface area contributed by atoms with Crippen molar-refractivity contribution in [3.8, 4) is 11.8 Å². The van der Waals surface area contributed by atoms with Crippen LogP contribution in [-0.4, -0.2) is 56.9 Å². The monoisotopic (exact) mass is 468 g/mol. The third-order valence-corrected chi connectivity index (χ3v) is 6.58. The van der Waals surface area contributed by atoms with Crippen LogP contribution < -0.4 is 10.5 Å². The molecule has 33 heavy (non-hydrogen) atoms. The molecule has 8 nitrogen and oxygen atoms in total. The van der Waals surface area contributed by atoms with Gasteiger partial charge in [-0.15, -0.1) is 0 Å². The maximum atomic E-state index is 9.91. The molecule has 1 aliphatic heterocycles. The number of aromatic nitrogens is 3. The summed E-state index contributed by atoms with van der Waals surface area (Å²) in [5, 5.41) is 20.9. The predicted octanol–water partition coefficient (Wildman–Crippen LogP) is 3.64. The van der Waals surface area contributed by atoms with E-state index in [1.165, 1.54) is 6.33 Å². The number of nitriles is 1. The average molecular weight is 469 g/mol. The van der Waals surface area contributed by atoms with Crippen LogP contribution in [0.1, 0.15) is 55.0 Å². The number of nitrogen functional groups attached to an aromatic ring is 1. The number of nitrogens with two attached hydrogens (primary N) is 1. The van der Waals surface area contributed by atoms with Gasteiger partial charge in [0, 0.05) is 42.9 Å². The maximum absolute atomic E-state index is 9.91. The van der Waals surface area contributed by atoms with E-state index in [2.05, 4.69) is 27.9 Å². The minimum Gasteiger partial charge on any atom is -0.493 e. The van der Waals surface area contributed by atoms with Crippen molar-refractivity contribution in [3.05, 3.63) is 45.9 Å². The zero-order valence-electron chi connectivity index (χ0n) is 19.3. The Morgan fingerprint density at radius 2 is 2.09 bits per heavy atom. The smallest absolute Gasteiger partial charge is 0.146 e. The molecule has 4 rings (SSSR count). The van der Waals surface area contributed by atoms with Gasteiger partial charge in [0.2, 0.25) is 0 Å². The summed E-state index contributed by atoms with van der Waals surface area (Å²) in [7, 11) is 0. The van der Waals surface area contributed by atoms with Gasteiger partial charge in [-0.1, -0.05) is 11.6 Å². The number of aliphatic hydroxyl groups is 1. The number of rotatable bonds is 7. The lowest BCUT2D eigenvalue weighted by Gasteiger charge is -2.41. The van der Waals surface area contributed by atoms with Crippen molar-refractivity contribution in [2.75, 3.05) is 32.0 Å². The highest BCUT2D eigenvalue weighted by atomic mass is 35.5. The number of anilines is 1. The van der Waals surface area contributed by atoms with Gasteiger partial charge in [0.1, 0.15) is 29.6 Å². The first-order valence-corrected chi connectivity index (χ1v) is 11.5. The summed E-state index contributed by atoms with van der Waals surface area (Å²) in [4.78, 5) is 10.8. The largest absolute Gasteiger partial charge is 0.493 e. The summed E-state index contributed by atoms with van der Waals surface area (Å²) in [5.41, 5.74) is 10.0. The number of aryl methyl sites for hydroxylation is 1. The number of halogens is 1. The second-order valence-corrected chi connectivity index (χ2v) is 9.13. The molecule has 0 amide bonds. The summed E-state index contributed by atoms with van der Waals surface area (Å²) in [5.74, 6) is 1.25. The van der Waals surface area contributed by atoms with Gasteiger partial charge in [-0.2, -0.15) is 5.26 Å². The second kappa shape index (κ2) is 9.18. The van der Waals surface area contributed by atoms with Gasteiger partial charge in [-0.3, -0.25) is 4.90 Å². The van der Waals surface area contributed by atoms with Gasteiger partial charge in [0.15, 0.2) is 0 Å². The van der Waals surface area contributed by atoms with Crippen molar-refractivity contribution in [1.29, 1.82) is 5.26 Å². The van der Waals surface area contributed by atoms with E-state index in [0.29, 0.717) is 35.3 Å². The number of fused-ring (bicyclic) bond motifs is 1. The highest BCUT2D eigenvalue weighted by molar-refractivity contribution is 6.32. The maximum Gasteiger partial charge on any atom is 0.146 e. The standard InChI is InChI=1S/C24H29ClN6O2/c1-5-33-22-17(15(4)31-8-13(2)20-23(27)28-12-29-24(20)31)6-19(25)18(7-26)21(22)16-10-30(11-16)9-14(3)32/h6,8,12,14-16,32H,5,9-11H2,1-4H3,(H2,27,28,29)/t14-,15?/m1/s1. The van der Waals surface area contributed by atoms with Crippen LogP contribution in [0.25, 0.3) is 11.0 Å². The Morgan fingerprint density at radius 1 is 1.36 bits per heavy atom. The molecule has 0 bridgehead atoms. The van der Waals surface area contributed by atoms with E-state index in [-0.39, 0.29) is 12.0 Å². The Bertz CT molecular complexity index is 1230. The van der Waals surface area contributed by atoms with Gasteiger partial charge < -0.3 is 20.1 Å². The van der Waals surface area contributed by atoms with Gasteiger partial charge in [0.05, 0.1) is 34.7 Å². The van der Waals surface area contributed by atoms with Crippen LogP contribution in [0.15, 0.2) is 18.6 Å². The van der Waals surface area contributed by atoms with Crippen LogP contribution in [0, 0.1) is 18.3 Å². The van der Waals surface area contributed by atoms with Gasteiger partial charge in [-0.05, 0) is 39.3 Å². The number of nitrogens with zero attached hydrogens (tertiary/aromatic N) is 5. The highest BCUT2D eigenvalue weighted by Crippen LogP contribution is 2.44. The summed E-state index contributed by atoms with van der Waals surface area (Å²) < 4.78 is 8.22. The first-order chi connectivity index (χ1) is 15.8. The molecule has 1 unspecified atom stereocenters. The Balaban J connectivity index is 1.83. The van der Waals surface area contributed by atoms with Gasteiger partial charge in [0.25, 0.3) is 0 Å². The van der Waals surface area contributed by atoms with E-state index in [0.717, 1.165) is 40.8 Å². The molecular formula is C24H29ClN6O2. The summed E-state index contributed by atoms with van der Waals surface area (Å²) in [6, 6.07) is 3.95. The Kier molecular flexibility index (Phi) is 6.48. The number of aliphatic hydroxyl groups excluding tert-OH is 1. The van der Waals surface area contributed by atoms with Crippen molar-refractivity contribution in [3.63, 3.8) is 0 Å². The van der Waals surface area contributed by atoms with Gasteiger partial charge in [-0.25, -0.2) is 9.97 Å². The lowest BCUT2D eigenvalue weighted by molar-refractivity contribution is 0.0731. The van der Waals surface area contributed by atoms with Gasteiger partial charge >= 0.3 is 0 Å². The van der Waals surface area contributed by atoms with Crippen LogP contribution in [0.2, 0.25) is 5.02 Å². The first kappa shape index (κ1) is 23.3. The van der Waals surface area contributed by atoms with Crippen molar-refractivity contribution in [2.24, 2.45) is 0 Å². The molecule has 0 spiro atoms. The highest BCUT2D eigenvalue weighted by Gasteiger charge is 2.35. The second-order valence-electron chi connectivity index (χ2n) is 8.73. The van der Waals surface area contributed by atoms with E-state index in [9.17, 15) is 10.4 Å². The van der Waals surface area contributed by atoms with Crippen LogP contribution in [0.3, 0.4) is 0 Å². The zero-order valence-corrected chi connectivity index (χ0v) is 20.1. The molecule has 9 heteroatoms. The lowest BCUT2D eigenvalue weighted by Crippen LogP contribution is -2.48. The molecule has 3 heterocycles. The molecule has 1 aliphatic rings. The number of hydrogen-bond donors (Lipinski definition) is 2. The molecule has 1 saturated heterocycles. The molecule has 174 valence electrons. The molecule has 0 aliphatic carbocycles. The molecule has 0 radical (unpaired) electrons. The van der Waals surface area contributed by atoms with Crippen LogP contribution in [0.4, 0.5) is 5.82 Å². The van der Waals surface area contributed by atoms with Crippen molar-refractivity contribution >= 4 is 28.5 Å². The first-order valence-electron chi connectivity index (χ1n) is 11.1. The number of likely N-dealkylation sites (tertiary alicyclic amines) is 1. The SMILES string of the molecule is CCOc1c(C(C)n2cc(C)c3c(N)ncnc32)cc(Cl)c(C#N)c1C1CN(C[C@@H](C)O)C1. The predicted molar refractivity (Wildman–Crippen MR) is 129 cm³/mol. The summed E-state index contributed by atoms with van der Waals surface area (Å²) >= 11 is 6.65. The van der Waals surface area contributed by atoms with E-state index in [4.69, 9.17) is 22.1 Å². The normalized spacial score (nSPS) is 16.4. The minimum absolute atomic E-state index is 0.103. The molecule has 1 aromatic carbocycles. The topological polar surface area (TPSA) is 113 Å². The fourth-order valence-electron chi connectivity index (χ4n) is 4.81. The average Bonchev–Trinajstić information content (AvgIpc) is 3.08. The number of β-amino-alcohol motifs (C(OH)–C–C–N with tert-alkyl or cyclic N) is 1. The van der Waals surface area contributed by atoms with Crippen molar-refractivity contribution in [2.45, 2.75) is 45.8 Å². The fraction of sp³-hybridized carbons (Fsp3) is 0.458. The number of ether oxygens (including phenoxy) is 1. The lowest BCUT2D eigenvalue weighted by atomic mass is 9.84. The number of benzene rings is 1. The fourth-order valence-corrected chi connectivity index (χ4v) is 5.07. The van der Waals surface area contributed by atoms with E-state index >= 15 is 0 Å². The Hall–Kier alpha value is -2.86.